The number of ether oxygens (including phenoxy) is 3. The molecule has 1 saturated heterocycles. The number of carbonyl (C=O) groups is 3. The van der Waals surface area contributed by atoms with Crippen LogP contribution >= 0.6 is 0 Å². The van der Waals surface area contributed by atoms with Crippen LogP contribution in [0.4, 0.5) is 0 Å². The third-order valence-electron chi connectivity index (χ3n) is 5.73. The molecule has 0 aromatic carbocycles. The third-order valence-corrected chi connectivity index (χ3v) is 5.73. The van der Waals surface area contributed by atoms with Crippen molar-refractivity contribution in [2.45, 2.75) is 65.3 Å². The summed E-state index contributed by atoms with van der Waals surface area (Å²) in [6.45, 7) is 10.6. The zero-order chi connectivity index (χ0) is 18.5. The largest absolute Gasteiger partial charge is 0.462 e. The van der Waals surface area contributed by atoms with Gasteiger partial charge in [-0.3, -0.25) is 9.59 Å². The molecule has 2 fully saturated rings. The number of rotatable bonds is 2. The molecule has 0 aromatic rings. The van der Waals surface area contributed by atoms with Crippen LogP contribution in [0.25, 0.3) is 0 Å². The first-order valence-corrected chi connectivity index (χ1v) is 8.59. The summed E-state index contributed by atoms with van der Waals surface area (Å²) in [5, 5.41) is 0. The van der Waals surface area contributed by atoms with Crippen molar-refractivity contribution in [3.8, 4) is 0 Å². The topological polar surface area (TPSA) is 78.9 Å². The molecule has 25 heavy (non-hydrogen) atoms. The lowest BCUT2D eigenvalue weighted by Crippen LogP contribution is -2.54. The van der Waals surface area contributed by atoms with Crippen LogP contribution in [-0.2, 0) is 28.6 Å². The van der Waals surface area contributed by atoms with Crippen LogP contribution < -0.4 is 0 Å². The Morgan fingerprint density at radius 1 is 1.24 bits per heavy atom. The van der Waals surface area contributed by atoms with Crippen molar-refractivity contribution in [1.29, 1.82) is 0 Å². The van der Waals surface area contributed by atoms with Gasteiger partial charge in [0.15, 0.2) is 0 Å². The quantitative estimate of drug-likeness (QED) is 0.330. The van der Waals surface area contributed by atoms with Crippen LogP contribution in [0.15, 0.2) is 23.3 Å². The fourth-order valence-electron chi connectivity index (χ4n) is 4.76. The van der Waals surface area contributed by atoms with E-state index in [1.165, 1.54) is 13.8 Å². The molecule has 0 radical (unpaired) electrons. The molecule has 5 unspecified atom stereocenters. The van der Waals surface area contributed by atoms with E-state index in [4.69, 9.17) is 14.2 Å². The van der Waals surface area contributed by atoms with Crippen molar-refractivity contribution in [3.63, 3.8) is 0 Å². The number of fused-ring (bicyclic) bond motifs is 2. The van der Waals surface area contributed by atoms with Gasteiger partial charge in [-0.15, -0.1) is 0 Å². The maximum absolute atomic E-state index is 12.1. The van der Waals surface area contributed by atoms with Crippen molar-refractivity contribution in [1.82, 2.24) is 0 Å². The fourth-order valence-corrected chi connectivity index (χ4v) is 4.76. The molecule has 6 nitrogen and oxygen atoms in total. The summed E-state index contributed by atoms with van der Waals surface area (Å²) < 4.78 is 16.7. The summed E-state index contributed by atoms with van der Waals surface area (Å²) >= 11 is 0. The van der Waals surface area contributed by atoms with Gasteiger partial charge in [0.2, 0.25) is 0 Å². The second-order valence-corrected chi connectivity index (χ2v) is 7.48. The molecule has 3 rings (SSSR count). The zero-order valence-electron chi connectivity index (χ0n) is 15.1. The second kappa shape index (κ2) is 6.00. The van der Waals surface area contributed by atoms with Gasteiger partial charge < -0.3 is 14.2 Å². The molecular formula is C19H24O6. The van der Waals surface area contributed by atoms with Gasteiger partial charge in [-0.25, -0.2) is 4.79 Å². The summed E-state index contributed by atoms with van der Waals surface area (Å²) in [5.74, 6) is -1.60. The minimum atomic E-state index is -0.612. The Balaban J connectivity index is 2.10. The maximum Gasteiger partial charge on any atom is 0.334 e. The Bertz CT molecular complexity index is 690. The highest BCUT2D eigenvalue weighted by molar-refractivity contribution is 5.91. The molecule has 0 aromatic heterocycles. The van der Waals surface area contributed by atoms with Crippen LogP contribution in [0.1, 0.15) is 47.0 Å². The highest BCUT2D eigenvalue weighted by atomic mass is 16.6. The first-order chi connectivity index (χ1) is 11.6. The molecule has 1 heterocycles. The predicted octanol–water partition coefficient (Wildman–Crippen LogP) is 2.47. The van der Waals surface area contributed by atoms with Crippen LogP contribution in [-0.4, -0.2) is 36.2 Å². The van der Waals surface area contributed by atoms with E-state index in [0.717, 1.165) is 17.6 Å². The van der Waals surface area contributed by atoms with E-state index < -0.39 is 29.6 Å². The van der Waals surface area contributed by atoms with E-state index in [1.54, 1.807) is 0 Å². The highest BCUT2D eigenvalue weighted by Crippen LogP contribution is 2.56. The number of hydrogen-bond acceptors (Lipinski definition) is 6. The minimum Gasteiger partial charge on any atom is -0.462 e. The Morgan fingerprint density at radius 3 is 2.48 bits per heavy atom. The Morgan fingerprint density at radius 2 is 1.88 bits per heavy atom. The lowest BCUT2D eigenvalue weighted by Gasteiger charge is -2.51. The summed E-state index contributed by atoms with van der Waals surface area (Å²) in [6.07, 6.45) is 0.588. The molecule has 1 aliphatic heterocycles. The van der Waals surface area contributed by atoms with E-state index in [0.29, 0.717) is 18.4 Å². The number of esters is 3. The molecule has 0 N–H and O–H groups in total. The van der Waals surface area contributed by atoms with E-state index in [-0.39, 0.29) is 18.0 Å². The van der Waals surface area contributed by atoms with E-state index in [1.807, 2.05) is 13.8 Å². The van der Waals surface area contributed by atoms with Crippen LogP contribution in [0.2, 0.25) is 0 Å². The second-order valence-electron chi connectivity index (χ2n) is 7.48. The van der Waals surface area contributed by atoms with E-state index >= 15 is 0 Å². The summed E-state index contributed by atoms with van der Waals surface area (Å²) in [5.41, 5.74) is 1.86. The molecular weight excluding hydrogens is 324 g/mol. The first-order valence-electron chi connectivity index (χ1n) is 8.59. The lowest BCUT2D eigenvalue weighted by molar-refractivity contribution is -0.165. The molecule has 5 atom stereocenters. The molecule has 1 saturated carbocycles. The van der Waals surface area contributed by atoms with Crippen molar-refractivity contribution in [2.75, 3.05) is 0 Å². The van der Waals surface area contributed by atoms with Gasteiger partial charge in [-0.05, 0) is 31.8 Å². The van der Waals surface area contributed by atoms with E-state index in [9.17, 15) is 14.4 Å². The van der Waals surface area contributed by atoms with Crippen molar-refractivity contribution >= 4 is 17.9 Å². The molecule has 0 bridgehead atoms. The summed E-state index contributed by atoms with van der Waals surface area (Å²) in [6, 6.07) is 0. The van der Waals surface area contributed by atoms with Gasteiger partial charge in [0.25, 0.3) is 0 Å². The average Bonchev–Trinajstić information content (AvgIpc) is 2.75. The maximum atomic E-state index is 12.1. The van der Waals surface area contributed by atoms with Crippen molar-refractivity contribution in [2.24, 2.45) is 11.3 Å². The third kappa shape index (κ3) is 2.77. The standard InChI is InChI=1S/C19H24O6/c1-9-6-7-14(23-11(3)20)19(5)8-13-15(10(2)18(22)25-13)17(16(9)19)24-12(4)21/h13-15,17H,2,6-8H2,1,3-5H3. The first kappa shape index (κ1) is 17.7. The van der Waals surface area contributed by atoms with Crippen LogP contribution in [0, 0.1) is 11.3 Å². The Labute approximate surface area is 147 Å². The highest BCUT2D eigenvalue weighted by Gasteiger charge is 2.60. The molecule has 3 aliphatic rings. The molecule has 2 aliphatic carbocycles. The van der Waals surface area contributed by atoms with Gasteiger partial charge >= 0.3 is 17.9 Å². The molecule has 0 amide bonds. The Kier molecular flexibility index (Phi) is 4.25. The molecule has 0 spiro atoms. The number of allylic oxidation sites excluding steroid dienone is 1. The van der Waals surface area contributed by atoms with Gasteiger partial charge in [0.05, 0.1) is 5.92 Å². The van der Waals surface area contributed by atoms with Crippen LogP contribution in [0.3, 0.4) is 0 Å². The SMILES string of the molecule is C=C1C(=O)OC2CC3(C)C(=C(C)CCC3OC(C)=O)C(OC(C)=O)C12. The van der Waals surface area contributed by atoms with Gasteiger partial charge in [-0.2, -0.15) is 0 Å². The summed E-state index contributed by atoms with van der Waals surface area (Å²) in [7, 11) is 0. The lowest BCUT2D eigenvalue weighted by atomic mass is 9.57. The summed E-state index contributed by atoms with van der Waals surface area (Å²) in [4.78, 5) is 35.4. The van der Waals surface area contributed by atoms with Gasteiger partial charge in [0.1, 0.15) is 18.3 Å². The number of hydrogen-bond donors (Lipinski definition) is 0. The number of carbonyl (C=O) groups excluding carboxylic acids is 3. The molecule has 136 valence electrons. The predicted molar refractivity (Wildman–Crippen MR) is 88.3 cm³/mol. The molecule has 6 heteroatoms. The van der Waals surface area contributed by atoms with Crippen molar-refractivity contribution in [3.05, 3.63) is 23.3 Å². The fraction of sp³-hybridized carbons (Fsp3) is 0.632. The van der Waals surface area contributed by atoms with Crippen LogP contribution in [0.5, 0.6) is 0 Å². The van der Waals surface area contributed by atoms with E-state index in [2.05, 4.69) is 6.58 Å². The zero-order valence-corrected chi connectivity index (χ0v) is 15.1. The normalized spacial score (nSPS) is 37.1. The van der Waals surface area contributed by atoms with Gasteiger partial charge in [-0.1, -0.05) is 19.1 Å². The van der Waals surface area contributed by atoms with Gasteiger partial charge in [0, 0.05) is 24.8 Å². The average molecular weight is 348 g/mol. The smallest absolute Gasteiger partial charge is 0.334 e. The minimum absolute atomic E-state index is 0.338. The monoisotopic (exact) mass is 348 g/mol. The Hall–Kier alpha value is -2.11. The van der Waals surface area contributed by atoms with Crippen molar-refractivity contribution < 1.29 is 28.6 Å².